The Morgan fingerprint density at radius 2 is 1.56 bits per heavy atom. The van der Waals surface area contributed by atoms with Crippen LogP contribution in [0.2, 0.25) is 0 Å². The van der Waals surface area contributed by atoms with Crippen LogP contribution in [0.15, 0.2) is 101 Å². The lowest BCUT2D eigenvalue weighted by Gasteiger charge is -2.40. The van der Waals surface area contributed by atoms with Crippen LogP contribution in [0.3, 0.4) is 0 Å². The van der Waals surface area contributed by atoms with Crippen LogP contribution in [0.5, 0.6) is 11.5 Å². The number of para-hydroxylation sites is 3. The van der Waals surface area contributed by atoms with Crippen molar-refractivity contribution >= 4 is 34.6 Å². The van der Waals surface area contributed by atoms with E-state index in [1.54, 1.807) is 6.07 Å². The van der Waals surface area contributed by atoms with E-state index in [-0.39, 0.29) is 11.5 Å². The van der Waals surface area contributed by atoms with Gasteiger partial charge >= 0.3 is 0 Å². The number of aromatic hydroxyl groups is 2. The first-order chi connectivity index (χ1) is 19.9. The number of nitrogens with one attached hydrogen (secondary N) is 1. The Bertz CT molecular complexity index is 1890. The molecule has 0 amide bonds. The summed E-state index contributed by atoms with van der Waals surface area (Å²) in [6.07, 6.45) is 0. The molecular weight excluding hydrogens is 512 g/mol. The van der Waals surface area contributed by atoms with Crippen LogP contribution in [0.25, 0.3) is 5.69 Å². The van der Waals surface area contributed by atoms with E-state index < -0.39 is 6.04 Å². The van der Waals surface area contributed by atoms with Crippen LogP contribution in [0.4, 0.5) is 22.9 Å². The monoisotopic (exact) mass is 540 g/mol. The van der Waals surface area contributed by atoms with Gasteiger partial charge in [0.15, 0.2) is 29.0 Å². The van der Waals surface area contributed by atoms with E-state index in [9.17, 15) is 10.2 Å². The highest BCUT2D eigenvalue weighted by atomic mass is 16.3. The van der Waals surface area contributed by atoms with Crippen LogP contribution in [0, 0.1) is 20.8 Å². The molecule has 1 atom stereocenters. The average molecular weight is 541 g/mol. The zero-order valence-electron chi connectivity index (χ0n) is 22.9. The number of aryl methyl sites for hydroxylation is 3. The SMILES string of the molecule is Cc1ccc(C)c(NC2=Nc3ccccc3N3C2=Nc2c(c(C)nn2-c2ccccc2)[C@H]3c2ccc(O)c(O)c2)c1. The number of phenols is 2. The molecule has 41 heavy (non-hydrogen) atoms. The number of hydrogen-bond acceptors (Lipinski definition) is 7. The summed E-state index contributed by atoms with van der Waals surface area (Å²) in [5.41, 5.74) is 8.24. The number of fused-ring (bicyclic) bond motifs is 4. The second-order valence-electron chi connectivity index (χ2n) is 10.4. The molecule has 0 fully saturated rings. The Labute approximate surface area is 237 Å². The van der Waals surface area contributed by atoms with Gasteiger partial charge in [0, 0.05) is 11.3 Å². The molecule has 3 heterocycles. The van der Waals surface area contributed by atoms with E-state index in [0.29, 0.717) is 17.5 Å². The van der Waals surface area contributed by atoms with E-state index in [1.807, 2.05) is 72.3 Å². The molecule has 7 rings (SSSR count). The van der Waals surface area contributed by atoms with Gasteiger partial charge in [-0.1, -0.05) is 48.5 Å². The van der Waals surface area contributed by atoms with Crippen molar-refractivity contribution < 1.29 is 10.2 Å². The van der Waals surface area contributed by atoms with Gasteiger partial charge in [-0.25, -0.2) is 14.7 Å². The van der Waals surface area contributed by atoms with Gasteiger partial charge in [0.25, 0.3) is 0 Å². The van der Waals surface area contributed by atoms with E-state index in [0.717, 1.165) is 50.7 Å². The third-order valence-corrected chi connectivity index (χ3v) is 7.60. The van der Waals surface area contributed by atoms with E-state index in [2.05, 4.69) is 42.3 Å². The van der Waals surface area contributed by atoms with E-state index in [4.69, 9.17) is 15.1 Å². The second-order valence-corrected chi connectivity index (χ2v) is 10.4. The van der Waals surface area contributed by atoms with Gasteiger partial charge in [-0.15, -0.1) is 0 Å². The first-order valence-corrected chi connectivity index (χ1v) is 13.5. The van der Waals surface area contributed by atoms with Gasteiger partial charge in [0.2, 0.25) is 0 Å². The average Bonchev–Trinajstić information content (AvgIpc) is 3.32. The second kappa shape index (κ2) is 9.38. The maximum absolute atomic E-state index is 10.6. The standard InChI is InChI=1S/C33H28N6O2/c1-19-13-14-20(2)25(17-19)35-31-33-36-32-29(21(3)37-39(32)23-9-5-4-6-10-23)30(22-15-16-27(40)28(41)18-22)38(33)26-12-8-7-11-24(26)34-31/h4-18,30,40-41H,1-3H3,(H,34,35)/t30-/m1/s1. The van der Waals surface area contributed by atoms with E-state index in [1.165, 1.54) is 6.07 Å². The summed E-state index contributed by atoms with van der Waals surface area (Å²) in [5, 5.41) is 29.2. The molecule has 0 spiro atoms. The molecule has 0 saturated carbocycles. The third kappa shape index (κ3) is 4.03. The Morgan fingerprint density at radius 1 is 0.780 bits per heavy atom. The van der Waals surface area contributed by atoms with Crippen LogP contribution < -0.4 is 10.2 Å². The number of rotatable bonds is 3. The van der Waals surface area contributed by atoms with Crippen molar-refractivity contribution in [2.24, 2.45) is 9.98 Å². The van der Waals surface area contributed by atoms with Crippen molar-refractivity contribution in [3.63, 3.8) is 0 Å². The molecule has 0 saturated heterocycles. The van der Waals surface area contributed by atoms with Crippen molar-refractivity contribution in [3.05, 3.63) is 119 Å². The maximum Gasteiger partial charge on any atom is 0.179 e. The highest BCUT2D eigenvalue weighted by molar-refractivity contribution is 6.51. The molecule has 1 aromatic heterocycles. The Balaban J connectivity index is 1.51. The highest BCUT2D eigenvalue weighted by Gasteiger charge is 2.41. The fourth-order valence-electron chi connectivity index (χ4n) is 5.57. The van der Waals surface area contributed by atoms with Crippen molar-refractivity contribution in [3.8, 4) is 17.2 Å². The fraction of sp³-hybridized carbons (Fsp3) is 0.121. The Morgan fingerprint density at radius 3 is 2.37 bits per heavy atom. The van der Waals surface area contributed by atoms with Gasteiger partial charge in [0.05, 0.1) is 28.8 Å². The number of benzene rings is 4. The summed E-state index contributed by atoms with van der Waals surface area (Å²) in [6, 6.07) is 28.7. The van der Waals surface area contributed by atoms with Crippen molar-refractivity contribution in [2.75, 3.05) is 10.2 Å². The number of phenolic OH excluding ortho intramolecular Hbond substituents is 2. The topological polar surface area (TPSA) is 98.3 Å². The molecule has 0 bridgehead atoms. The highest BCUT2D eigenvalue weighted by Crippen LogP contribution is 2.49. The molecule has 3 N–H and O–H groups in total. The maximum atomic E-state index is 10.6. The number of amidine groups is 2. The largest absolute Gasteiger partial charge is 0.504 e. The predicted octanol–water partition coefficient (Wildman–Crippen LogP) is 7.00. The molecule has 0 aliphatic carbocycles. The molecular formula is C33H28N6O2. The number of nitrogens with zero attached hydrogens (tertiary/aromatic N) is 5. The molecule has 0 radical (unpaired) electrons. The van der Waals surface area contributed by atoms with Crippen LogP contribution in [-0.4, -0.2) is 31.7 Å². The van der Waals surface area contributed by atoms with Crippen molar-refractivity contribution in [1.29, 1.82) is 0 Å². The lowest BCUT2D eigenvalue weighted by Crippen LogP contribution is -2.46. The lowest BCUT2D eigenvalue weighted by atomic mass is 9.93. The number of aromatic nitrogens is 2. The van der Waals surface area contributed by atoms with Gasteiger partial charge in [-0.05, 0) is 79.9 Å². The number of hydrogen-bond donors (Lipinski definition) is 3. The summed E-state index contributed by atoms with van der Waals surface area (Å²) < 4.78 is 1.86. The van der Waals surface area contributed by atoms with Gasteiger partial charge in [-0.3, -0.25) is 0 Å². The number of aliphatic imine (C=N–C) groups is 2. The summed E-state index contributed by atoms with van der Waals surface area (Å²) in [6.45, 7) is 6.10. The van der Waals surface area contributed by atoms with Gasteiger partial charge < -0.3 is 20.4 Å². The summed E-state index contributed by atoms with van der Waals surface area (Å²) in [5.74, 6) is 1.57. The minimum absolute atomic E-state index is 0.173. The quantitative estimate of drug-likeness (QED) is 0.214. The van der Waals surface area contributed by atoms with Crippen LogP contribution in [0.1, 0.15) is 34.0 Å². The smallest absolute Gasteiger partial charge is 0.179 e. The zero-order chi connectivity index (χ0) is 28.2. The van der Waals surface area contributed by atoms with Crippen molar-refractivity contribution in [2.45, 2.75) is 26.8 Å². The molecule has 4 aromatic carbocycles. The Kier molecular flexibility index (Phi) is 5.64. The molecule has 2 aliphatic heterocycles. The van der Waals surface area contributed by atoms with E-state index >= 15 is 0 Å². The van der Waals surface area contributed by atoms with Crippen molar-refractivity contribution in [1.82, 2.24) is 9.78 Å². The lowest BCUT2D eigenvalue weighted by molar-refractivity contribution is 0.403. The molecule has 8 heteroatoms. The molecule has 2 aliphatic rings. The van der Waals surface area contributed by atoms with Gasteiger partial charge in [-0.2, -0.15) is 5.10 Å². The van der Waals surface area contributed by atoms with Gasteiger partial charge in [0.1, 0.15) is 0 Å². The summed E-state index contributed by atoms with van der Waals surface area (Å²) >= 11 is 0. The van der Waals surface area contributed by atoms with Crippen LogP contribution in [-0.2, 0) is 0 Å². The molecule has 5 aromatic rings. The zero-order valence-corrected chi connectivity index (χ0v) is 22.9. The predicted molar refractivity (Wildman–Crippen MR) is 163 cm³/mol. The summed E-state index contributed by atoms with van der Waals surface area (Å²) in [4.78, 5) is 12.4. The van der Waals surface area contributed by atoms with Crippen LogP contribution >= 0.6 is 0 Å². The fourth-order valence-corrected chi connectivity index (χ4v) is 5.57. The molecule has 0 unspecified atom stereocenters. The third-order valence-electron chi connectivity index (χ3n) is 7.60. The first kappa shape index (κ1) is 24.7. The summed E-state index contributed by atoms with van der Waals surface area (Å²) in [7, 11) is 0. The minimum atomic E-state index is -0.409. The minimum Gasteiger partial charge on any atom is -0.504 e. The normalized spacial score (nSPS) is 15.4. The number of anilines is 2. The molecule has 8 nitrogen and oxygen atoms in total. The molecule has 202 valence electrons. The first-order valence-electron chi connectivity index (χ1n) is 13.5. The Hall–Kier alpha value is -5.37.